The van der Waals surface area contributed by atoms with Gasteiger partial charge in [-0.25, -0.2) is 0 Å². The van der Waals surface area contributed by atoms with Crippen molar-refractivity contribution in [1.29, 1.82) is 0 Å². The minimum absolute atomic E-state index is 0.0658. The predicted molar refractivity (Wildman–Crippen MR) is 110 cm³/mol. The molecule has 1 aromatic carbocycles. The first-order chi connectivity index (χ1) is 13.2. The summed E-state index contributed by atoms with van der Waals surface area (Å²) in [6.45, 7) is 9.48. The lowest BCUT2D eigenvalue weighted by molar-refractivity contribution is -0.143. The van der Waals surface area contributed by atoms with E-state index < -0.39 is 0 Å². The van der Waals surface area contributed by atoms with Crippen molar-refractivity contribution in [3.63, 3.8) is 0 Å². The molecular formula is C25H32O3. The third kappa shape index (κ3) is 3.08. The van der Waals surface area contributed by atoms with E-state index in [1.165, 1.54) is 5.56 Å². The molecule has 3 heteroatoms. The van der Waals surface area contributed by atoms with E-state index in [2.05, 4.69) is 32.9 Å². The Kier molecular flexibility index (Phi) is 4.86. The Labute approximate surface area is 168 Å². The van der Waals surface area contributed by atoms with Crippen LogP contribution >= 0.6 is 0 Å². The first-order valence-corrected chi connectivity index (χ1v) is 10.7. The topological polar surface area (TPSA) is 43.4 Å². The molecular weight excluding hydrogens is 348 g/mol. The number of ether oxygens (including phenoxy) is 1. The van der Waals surface area contributed by atoms with Crippen LogP contribution in [0.5, 0.6) is 0 Å². The summed E-state index contributed by atoms with van der Waals surface area (Å²) in [5, 5.41) is 0. The zero-order valence-corrected chi connectivity index (χ0v) is 17.6. The molecule has 1 fully saturated rings. The number of rotatable bonds is 3. The fourth-order valence-corrected chi connectivity index (χ4v) is 6.29. The van der Waals surface area contributed by atoms with Crippen LogP contribution in [0.3, 0.4) is 0 Å². The van der Waals surface area contributed by atoms with Crippen LogP contribution in [0.25, 0.3) is 0 Å². The average Bonchev–Trinajstić information content (AvgIpc) is 2.64. The van der Waals surface area contributed by atoms with Crippen molar-refractivity contribution in [3.05, 3.63) is 47.0 Å². The number of fused-ring (bicyclic) bond motifs is 2. The normalized spacial score (nSPS) is 34.8. The predicted octanol–water partition coefficient (Wildman–Crippen LogP) is 5.28. The maximum absolute atomic E-state index is 13.1. The van der Waals surface area contributed by atoms with Gasteiger partial charge in [-0.15, -0.1) is 0 Å². The van der Waals surface area contributed by atoms with Crippen molar-refractivity contribution in [2.75, 3.05) is 0 Å². The number of Topliss-reactive ketones (excluding diaryl/α,β-unsaturated/α-hetero) is 2. The van der Waals surface area contributed by atoms with Gasteiger partial charge in [-0.05, 0) is 52.2 Å². The molecule has 0 heterocycles. The molecule has 0 bridgehead atoms. The maximum Gasteiger partial charge on any atom is 0.159 e. The Hall–Kier alpha value is -1.74. The lowest BCUT2D eigenvalue weighted by atomic mass is 9.47. The van der Waals surface area contributed by atoms with Crippen LogP contribution in [-0.2, 0) is 20.9 Å². The van der Waals surface area contributed by atoms with Crippen LogP contribution in [0.4, 0.5) is 0 Å². The summed E-state index contributed by atoms with van der Waals surface area (Å²) in [6, 6.07) is 10.3. The second-order valence-electron chi connectivity index (χ2n) is 9.96. The van der Waals surface area contributed by atoms with Gasteiger partial charge in [-0.3, -0.25) is 9.59 Å². The molecule has 4 rings (SSSR count). The van der Waals surface area contributed by atoms with E-state index in [4.69, 9.17) is 4.74 Å². The van der Waals surface area contributed by atoms with Gasteiger partial charge in [-0.1, -0.05) is 58.0 Å². The summed E-state index contributed by atoms with van der Waals surface area (Å²) in [4.78, 5) is 25.5. The fraction of sp³-hybridized carbons (Fsp3) is 0.600. The first kappa shape index (κ1) is 19.6. The fourth-order valence-electron chi connectivity index (χ4n) is 6.29. The van der Waals surface area contributed by atoms with Crippen LogP contribution in [-0.4, -0.2) is 17.7 Å². The summed E-state index contributed by atoms with van der Waals surface area (Å²) in [5.74, 6) is 0.867. The minimum atomic E-state index is -0.111. The van der Waals surface area contributed by atoms with Crippen LogP contribution in [0.1, 0.15) is 65.4 Å². The van der Waals surface area contributed by atoms with E-state index in [0.717, 1.165) is 24.0 Å². The molecule has 3 nitrogen and oxygen atoms in total. The van der Waals surface area contributed by atoms with Crippen molar-refractivity contribution in [1.82, 2.24) is 0 Å². The number of carbonyl (C=O) groups excluding carboxylic acids is 2. The van der Waals surface area contributed by atoms with E-state index in [1.807, 2.05) is 25.1 Å². The molecule has 4 atom stereocenters. The number of carbonyl (C=O) groups is 2. The monoisotopic (exact) mass is 380 g/mol. The molecule has 1 unspecified atom stereocenters. The second kappa shape index (κ2) is 6.95. The van der Waals surface area contributed by atoms with Gasteiger partial charge in [0.1, 0.15) is 5.78 Å². The third-order valence-electron chi connectivity index (χ3n) is 7.82. The van der Waals surface area contributed by atoms with Crippen LogP contribution in [0.15, 0.2) is 41.5 Å². The van der Waals surface area contributed by atoms with E-state index in [-0.39, 0.29) is 34.6 Å². The average molecular weight is 381 g/mol. The number of benzene rings is 1. The summed E-state index contributed by atoms with van der Waals surface area (Å²) in [7, 11) is 0. The minimum Gasteiger partial charge on any atom is -0.373 e. The number of hydrogen-bond donors (Lipinski definition) is 0. The largest absolute Gasteiger partial charge is 0.373 e. The highest BCUT2D eigenvalue weighted by molar-refractivity contribution is 6.01. The standard InChI is InChI=1S/C25H32O3/c1-16-12-18(26)13-19-23(16)20(27)14-21-24(2,3)22(10-11-25(19,21)4)28-15-17-8-6-5-7-9-17/h5-9,16,21-22H,10-15H2,1-4H3/t16-,21?,22-,25+/m0/s1. The van der Waals surface area contributed by atoms with Gasteiger partial charge in [0.25, 0.3) is 0 Å². The van der Waals surface area contributed by atoms with Crippen molar-refractivity contribution >= 4 is 11.6 Å². The molecule has 0 amide bonds. The maximum atomic E-state index is 13.1. The summed E-state index contributed by atoms with van der Waals surface area (Å²) in [5.41, 5.74) is 3.15. The molecule has 150 valence electrons. The zero-order chi connectivity index (χ0) is 20.1. The third-order valence-corrected chi connectivity index (χ3v) is 7.82. The highest BCUT2D eigenvalue weighted by Gasteiger charge is 2.57. The molecule has 28 heavy (non-hydrogen) atoms. The van der Waals surface area contributed by atoms with Crippen LogP contribution in [0, 0.1) is 22.7 Å². The Balaban J connectivity index is 1.62. The summed E-state index contributed by atoms with van der Waals surface area (Å²) >= 11 is 0. The molecule has 0 radical (unpaired) electrons. The van der Waals surface area contributed by atoms with E-state index in [0.29, 0.717) is 31.7 Å². The first-order valence-electron chi connectivity index (χ1n) is 10.7. The molecule has 0 aliphatic heterocycles. The highest BCUT2D eigenvalue weighted by atomic mass is 16.5. The van der Waals surface area contributed by atoms with Crippen molar-refractivity contribution < 1.29 is 14.3 Å². The van der Waals surface area contributed by atoms with Crippen LogP contribution in [0.2, 0.25) is 0 Å². The number of ketones is 2. The van der Waals surface area contributed by atoms with Crippen molar-refractivity contribution in [3.8, 4) is 0 Å². The number of hydrogen-bond acceptors (Lipinski definition) is 3. The van der Waals surface area contributed by atoms with Gasteiger partial charge in [-0.2, -0.15) is 0 Å². The molecule has 1 saturated carbocycles. The van der Waals surface area contributed by atoms with Gasteiger partial charge in [0.2, 0.25) is 0 Å². The Morgan fingerprint density at radius 2 is 1.79 bits per heavy atom. The van der Waals surface area contributed by atoms with Crippen molar-refractivity contribution in [2.24, 2.45) is 22.7 Å². The summed E-state index contributed by atoms with van der Waals surface area (Å²) < 4.78 is 6.40. The van der Waals surface area contributed by atoms with E-state index >= 15 is 0 Å². The molecule has 0 spiro atoms. The molecule has 3 aliphatic carbocycles. The molecule has 1 aromatic rings. The van der Waals surface area contributed by atoms with Crippen LogP contribution < -0.4 is 0 Å². The van der Waals surface area contributed by atoms with E-state index in [1.54, 1.807) is 0 Å². The van der Waals surface area contributed by atoms with Gasteiger partial charge >= 0.3 is 0 Å². The van der Waals surface area contributed by atoms with E-state index in [9.17, 15) is 9.59 Å². The molecule has 0 N–H and O–H groups in total. The number of allylic oxidation sites excluding steroid dienone is 2. The lowest BCUT2D eigenvalue weighted by Gasteiger charge is -2.58. The SMILES string of the molecule is C[C@H]1CC(=O)CC2=C1C(=O)CC1C(C)(C)[C@@H](OCc3ccccc3)CC[C@]21C. The molecule has 3 aliphatic rings. The highest BCUT2D eigenvalue weighted by Crippen LogP contribution is 2.61. The Bertz CT molecular complexity index is 819. The smallest absolute Gasteiger partial charge is 0.159 e. The zero-order valence-electron chi connectivity index (χ0n) is 17.6. The quantitative estimate of drug-likeness (QED) is 0.716. The van der Waals surface area contributed by atoms with Gasteiger partial charge in [0, 0.05) is 19.3 Å². The Morgan fingerprint density at radius 1 is 1.07 bits per heavy atom. The molecule has 0 saturated heterocycles. The van der Waals surface area contributed by atoms with Crippen molar-refractivity contribution in [2.45, 2.75) is 72.5 Å². The van der Waals surface area contributed by atoms with Gasteiger partial charge in [0.15, 0.2) is 5.78 Å². The second-order valence-corrected chi connectivity index (χ2v) is 9.96. The van der Waals surface area contributed by atoms with Gasteiger partial charge in [0.05, 0.1) is 12.7 Å². The molecule has 0 aromatic heterocycles. The summed E-state index contributed by atoms with van der Waals surface area (Å²) in [6.07, 6.45) is 3.68. The Morgan fingerprint density at radius 3 is 2.50 bits per heavy atom. The lowest BCUT2D eigenvalue weighted by Crippen LogP contribution is -2.55. The van der Waals surface area contributed by atoms with Gasteiger partial charge < -0.3 is 4.74 Å².